The molecule has 0 fully saturated rings. The number of rotatable bonds is 3. The molecule has 0 atom stereocenters. The van der Waals surface area contributed by atoms with Gasteiger partial charge in [0.25, 0.3) is 5.91 Å². The maximum Gasteiger partial charge on any atom is 0.256 e. The highest BCUT2D eigenvalue weighted by molar-refractivity contribution is 6.05. The Bertz CT molecular complexity index is 1030. The number of fused-ring (bicyclic) bond motifs is 2. The molecule has 1 aromatic heterocycles. The molecule has 2 aromatic carbocycles. The summed E-state index contributed by atoms with van der Waals surface area (Å²) in [4.78, 5) is 14.6. The Morgan fingerprint density at radius 1 is 1.32 bits per heavy atom. The molecule has 0 saturated heterocycles. The quantitative estimate of drug-likeness (QED) is 0.591. The van der Waals surface area contributed by atoms with Crippen LogP contribution in [0.3, 0.4) is 0 Å². The molecular weight excluding hydrogens is 312 g/mol. The van der Waals surface area contributed by atoms with Crippen LogP contribution in [0.4, 0.5) is 5.69 Å². The molecule has 3 aromatic rings. The van der Waals surface area contributed by atoms with Crippen molar-refractivity contribution in [2.45, 2.75) is 13.5 Å². The summed E-state index contributed by atoms with van der Waals surface area (Å²) >= 11 is 0. The lowest BCUT2D eigenvalue weighted by molar-refractivity contribution is 0.0793. The molecule has 0 radical (unpaired) electrons. The predicted molar refractivity (Wildman–Crippen MR) is 100 cm³/mol. The van der Waals surface area contributed by atoms with Gasteiger partial charge in [-0.2, -0.15) is 5.10 Å². The Hall–Kier alpha value is -3.08. The number of aromatic nitrogens is 2. The topological polar surface area (TPSA) is 64.2 Å². The number of nitrogens with two attached hydrogens (primary N) is 1. The highest BCUT2D eigenvalue weighted by atomic mass is 16.2. The monoisotopic (exact) mass is 332 g/mol. The number of nitrogens with zero attached hydrogens (tertiary/aromatic N) is 3. The summed E-state index contributed by atoms with van der Waals surface area (Å²) in [7, 11) is 1.93. The number of carbonyl (C=O) groups is 1. The summed E-state index contributed by atoms with van der Waals surface area (Å²) in [5.74, 6) is -0.0149. The number of hydrogen-bond acceptors (Lipinski definition) is 3. The van der Waals surface area contributed by atoms with Crippen LogP contribution in [0, 0.1) is 0 Å². The zero-order chi connectivity index (χ0) is 17.7. The maximum atomic E-state index is 12.8. The summed E-state index contributed by atoms with van der Waals surface area (Å²) in [6, 6.07) is 10.1. The number of benzene rings is 2. The Labute approximate surface area is 146 Å². The van der Waals surface area contributed by atoms with Gasteiger partial charge in [0.05, 0.1) is 17.3 Å². The summed E-state index contributed by atoms with van der Waals surface area (Å²) in [6.07, 6.45) is 1.85. The van der Waals surface area contributed by atoms with Crippen molar-refractivity contribution in [2.75, 3.05) is 12.3 Å². The Morgan fingerprint density at radius 3 is 2.88 bits per heavy atom. The van der Waals surface area contributed by atoms with E-state index in [-0.39, 0.29) is 5.91 Å². The van der Waals surface area contributed by atoms with Crippen molar-refractivity contribution in [3.05, 3.63) is 59.8 Å². The third-order valence-corrected chi connectivity index (χ3v) is 4.72. The minimum absolute atomic E-state index is 0.0149. The van der Waals surface area contributed by atoms with Crippen LogP contribution in [0.2, 0.25) is 0 Å². The summed E-state index contributed by atoms with van der Waals surface area (Å²) < 4.78 is 1.86. The molecule has 1 aliphatic rings. The van der Waals surface area contributed by atoms with Crippen LogP contribution in [0.1, 0.15) is 22.8 Å². The normalized spacial score (nSPS) is 13.5. The van der Waals surface area contributed by atoms with E-state index in [0.29, 0.717) is 24.3 Å². The molecule has 2 heterocycles. The van der Waals surface area contributed by atoms with Gasteiger partial charge in [0.2, 0.25) is 0 Å². The summed E-state index contributed by atoms with van der Waals surface area (Å²) in [5.41, 5.74) is 12.4. The smallest absolute Gasteiger partial charge is 0.256 e. The van der Waals surface area contributed by atoms with E-state index in [9.17, 15) is 4.79 Å². The zero-order valence-corrected chi connectivity index (χ0v) is 14.4. The van der Waals surface area contributed by atoms with Gasteiger partial charge >= 0.3 is 0 Å². The van der Waals surface area contributed by atoms with Crippen LogP contribution in [-0.4, -0.2) is 27.1 Å². The van der Waals surface area contributed by atoms with Gasteiger partial charge in [-0.1, -0.05) is 30.4 Å². The molecule has 5 heteroatoms. The summed E-state index contributed by atoms with van der Waals surface area (Å²) in [6.45, 7) is 6.96. The van der Waals surface area contributed by atoms with Gasteiger partial charge in [-0.25, -0.2) is 0 Å². The van der Waals surface area contributed by atoms with Crippen molar-refractivity contribution in [1.82, 2.24) is 14.7 Å². The molecule has 1 aliphatic heterocycles. The van der Waals surface area contributed by atoms with Crippen LogP contribution in [0.5, 0.6) is 0 Å². The number of aryl methyl sites for hydroxylation is 1. The number of nitrogen functional groups attached to an aromatic ring is 1. The van der Waals surface area contributed by atoms with E-state index in [1.54, 1.807) is 4.90 Å². The first kappa shape index (κ1) is 15.4. The fourth-order valence-electron chi connectivity index (χ4n) is 3.54. The lowest BCUT2D eigenvalue weighted by Crippen LogP contribution is -2.25. The first-order chi connectivity index (χ1) is 12.0. The lowest BCUT2D eigenvalue weighted by Gasteiger charge is -2.15. The van der Waals surface area contributed by atoms with Crippen molar-refractivity contribution < 1.29 is 4.79 Å². The van der Waals surface area contributed by atoms with Crippen molar-refractivity contribution >= 4 is 22.5 Å². The first-order valence-corrected chi connectivity index (χ1v) is 8.23. The van der Waals surface area contributed by atoms with Gasteiger partial charge in [-0.3, -0.25) is 9.48 Å². The molecule has 5 nitrogen and oxygen atoms in total. The van der Waals surface area contributed by atoms with E-state index in [0.717, 1.165) is 33.2 Å². The minimum atomic E-state index is -0.0149. The Morgan fingerprint density at radius 2 is 2.12 bits per heavy atom. The van der Waals surface area contributed by atoms with E-state index in [1.165, 1.54) is 0 Å². The molecule has 25 heavy (non-hydrogen) atoms. The number of carbonyl (C=O) groups excluding carboxylic acids is 1. The highest BCUT2D eigenvalue weighted by Crippen LogP contribution is 2.37. The third-order valence-electron chi connectivity index (χ3n) is 4.72. The molecule has 0 aliphatic carbocycles. The SMILES string of the molecule is C=C(C)CN1Cc2c(-c3ccc4cnn(C)c4c3)ccc(N)c2C1=O. The van der Waals surface area contributed by atoms with Crippen LogP contribution in [0.25, 0.3) is 22.0 Å². The van der Waals surface area contributed by atoms with E-state index in [4.69, 9.17) is 5.73 Å². The zero-order valence-electron chi connectivity index (χ0n) is 14.4. The molecule has 4 rings (SSSR count). The Kier molecular flexibility index (Phi) is 3.39. The molecule has 0 unspecified atom stereocenters. The minimum Gasteiger partial charge on any atom is -0.398 e. The number of hydrogen-bond donors (Lipinski definition) is 1. The number of anilines is 1. The standard InChI is InChI=1S/C20H20N4O/c1-12(2)10-24-11-16-15(6-7-17(21)19(16)20(24)25)13-4-5-14-9-22-23(3)18(14)8-13/h4-9H,1,10-11,21H2,2-3H3. The molecule has 126 valence electrons. The van der Waals surface area contributed by atoms with E-state index in [1.807, 2.05) is 37.0 Å². The third kappa shape index (κ3) is 2.39. The van der Waals surface area contributed by atoms with Crippen LogP contribution in [0.15, 0.2) is 48.7 Å². The van der Waals surface area contributed by atoms with Crippen molar-refractivity contribution in [2.24, 2.45) is 7.05 Å². The van der Waals surface area contributed by atoms with Crippen LogP contribution >= 0.6 is 0 Å². The molecule has 0 bridgehead atoms. The molecule has 1 amide bonds. The lowest BCUT2D eigenvalue weighted by atomic mass is 9.95. The summed E-state index contributed by atoms with van der Waals surface area (Å²) in [5, 5.41) is 5.39. The van der Waals surface area contributed by atoms with Crippen LogP contribution in [-0.2, 0) is 13.6 Å². The predicted octanol–water partition coefficient (Wildman–Crippen LogP) is 3.35. The van der Waals surface area contributed by atoms with Crippen molar-refractivity contribution in [1.29, 1.82) is 0 Å². The van der Waals surface area contributed by atoms with Gasteiger partial charge < -0.3 is 10.6 Å². The van der Waals surface area contributed by atoms with Crippen LogP contribution < -0.4 is 5.73 Å². The first-order valence-electron chi connectivity index (χ1n) is 8.23. The van der Waals surface area contributed by atoms with Gasteiger partial charge in [0.1, 0.15) is 0 Å². The number of amides is 1. The highest BCUT2D eigenvalue weighted by Gasteiger charge is 2.31. The fraction of sp³-hybridized carbons (Fsp3) is 0.200. The van der Waals surface area contributed by atoms with Crippen molar-refractivity contribution in [3.8, 4) is 11.1 Å². The second-order valence-electron chi connectivity index (χ2n) is 6.72. The molecule has 0 saturated carbocycles. The average molecular weight is 332 g/mol. The van der Waals surface area contributed by atoms with Gasteiger partial charge in [-0.15, -0.1) is 0 Å². The largest absolute Gasteiger partial charge is 0.398 e. The van der Waals surface area contributed by atoms with Gasteiger partial charge in [-0.05, 0) is 35.7 Å². The molecule has 2 N–H and O–H groups in total. The Balaban J connectivity index is 1.86. The van der Waals surface area contributed by atoms with E-state index >= 15 is 0 Å². The van der Waals surface area contributed by atoms with E-state index in [2.05, 4.69) is 29.9 Å². The maximum absolute atomic E-state index is 12.8. The van der Waals surface area contributed by atoms with Gasteiger partial charge in [0, 0.05) is 31.2 Å². The fourth-order valence-corrected chi connectivity index (χ4v) is 3.54. The molecule has 0 spiro atoms. The van der Waals surface area contributed by atoms with E-state index < -0.39 is 0 Å². The molecular formula is C20H20N4O. The van der Waals surface area contributed by atoms with Gasteiger partial charge in [0.15, 0.2) is 0 Å². The van der Waals surface area contributed by atoms with Crippen molar-refractivity contribution in [3.63, 3.8) is 0 Å². The average Bonchev–Trinajstić information content (AvgIpc) is 3.09. The second kappa shape index (κ2) is 5.48. The second-order valence-corrected chi connectivity index (χ2v) is 6.72.